The molecule has 0 saturated carbocycles. The number of thioether (sulfide) groups is 1. The smallest absolute Gasteiger partial charge is 0.326 e. The lowest BCUT2D eigenvalue weighted by atomic mass is 10.2. The van der Waals surface area contributed by atoms with Gasteiger partial charge in [-0.3, -0.25) is 4.79 Å². The maximum atomic E-state index is 11.5. The first kappa shape index (κ1) is 13.8. The number of nitrogens with zero attached hydrogens (tertiary/aromatic N) is 2. The van der Waals surface area contributed by atoms with Crippen molar-refractivity contribution in [2.45, 2.75) is 19.4 Å². The van der Waals surface area contributed by atoms with Crippen LogP contribution in [0.3, 0.4) is 0 Å². The number of hydrogen-bond donors (Lipinski definition) is 1. The first-order valence-electron chi connectivity index (χ1n) is 4.47. The third-order valence-electron chi connectivity index (χ3n) is 1.92. The summed E-state index contributed by atoms with van der Waals surface area (Å²) in [6.07, 6.45) is 0.375. The zero-order valence-electron chi connectivity index (χ0n) is 8.77. The molecule has 0 aliphatic heterocycles. The van der Waals surface area contributed by atoms with Crippen LogP contribution in [0.15, 0.2) is 0 Å². The second-order valence-electron chi connectivity index (χ2n) is 2.92. The summed E-state index contributed by atoms with van der Waals surface area (Å²) in [5.74, 6) is -0.875. The lowest BCUT2D eigenvalue weighted by molar-refractivity contribution is -0.148. The number of carboxylic acid groups (broad SMARTS) is 1. The Kier molecular flexibility index (Phi) is 6.54. The summed E-state index contributed by atoms with van der Waals surface area (Å²) in [5.41, 5.74) is 0. The molecule has 0 spiro atoms. The van der Waals surface area contributed by atoms with E-state index in [2.05, 4.69) is 0 Å². The van der Waals surface area contributed by atoms with E-state index in [1.807, 2.05) is 6.07 Å². The molecule has 1 N–H and O–H groups in total. The highest BCUT2D eigenvalue weighted by atomic mass is 32.2. The van der Waals surface area contributed by atoms with Crippen LogP contribution in [0.5, 0.6) is 0 Å². The summed E-state index contributed by atoms with van der Waals surface area (Å²) >= 11 is 1.18. The summed E-state index contributed by atoms with van der Waals surface area (Å²) in [4.78, 5) is 23.4. The minimum atomic E-state index is -1.00. The van der Waals surface area contributed by atoms with Gasteiger partial charge in [-0.1, -0.05) is 6.92 Å². The number of carbonyl (C=O) groups is 2. The molecule has 0 rings (SSSR count). The Morgan fingerprint density at radius 2 is 2.20 bits per heavy atom. The van der Waals surface area contributed by atoms with Gasteiger partial charge in [0.2, 0.25) is 5.91 Å². The quantitative estimate of drug-likeness (QED) is 0.674. The van der Waals surface area contributed by atoms with E-state index in [1.165, 1.54) is 23.7 Å². The van der Waals surface area contributed by atoms with Crippen LogP contribution in [0, 0.1) is 11.3 Å². The van der Waals surface area contributed by atoms with Crippen LogP contribution in [0.2, 0.25) is 0 Å². The van der Waals surface area contributed by atoms with Gasteiger partial charge in [-0.05, 0) is 6.42 Å². The molecule has 1 amide bonds. The van der Waals surface area contributed by atoms with Crippen molar-refractivity contribution in [1.82, 2.24) is 4.90 Å². The van der Waals surface area contributed by atoms with Crippen molar-refractivity contribution in [3.63, 3.8) is 0 Å². The van der Waals surface area contributed by atoms with Crippen LogP contribution < -0.4 is 0 Å². The number of rotatable bonds is 6. The van der Waals surface area contributed by atoms with Crippen molar-refractivity contribution < 1.29 is 14.7 Å². The topological polar surface area (TPSA) is 81.4 Å². The largest absolute Gasteiger partial charge is 0.480 e. The second kappa shape index (κ2) is 7.12. The fourth-order valence-corrected chi connectivity index (χ4v) is 1.65. The predicted molar refractivity (Wildman–Crippen MR) is 57.4 cm³/mol. The SMILES string of the molecule is CCC(C(=O)O)N(C)C(=O)CSCC#N. The lowest BCUT2D eigenvalue weighted by Crippen LogP contribution is -2.42. The number of aliphatic carboxylic acids is 1. The molecule has 0 aliphatic carbocycles. The number of amides is 1. The molecular weight excluding hydrogens is 216 g/mol. The summed E-state index contributed by atoms with van der Waals surface area (Å²) in [7, 11) is 1.47. The average Bonchev–Trinajstić information content (AvgIpc) is 2.18. The van der Waals surface area contributed by atoms with E-state index in [1.54, 1.807) is 6.92 Å². The fraction of sp³-hybridized carbons (Fsp3) is 0.667. The molecule has 0 aromatic carbocycles. The van der Waals surface area contributed by atoms with Crippen molar-refractivity contribution in [1.29, 1.82) is 5.26 Å². The molecule has 1 atom stereocenters. The van der Waals surface area contributed by atoms with Crippen LogP contribution in [-0.2, 0) is 9.59 Å². The van der Waals surface area contributed by atoms with Gasteiger partial charge in [0.1, 0.15) is 6.04 Å². The predicted octanol–water partition coefficient (Wildman–Crippen LogP) is 0.565. The number of nitriles is 1. The highest BCUT2D eigenvalue weighted by Crippen LogP contribution is 2.06. The maximum Gasteiger partial charge on any atom is 0.326 e. The molecule has 5 nitrogen and oxygen atoms in total. The molecule has 0 saturated heterocycles. The summed E-state index contributed by atoms with van der Waals surface area (Å²) in [6.45, 7) is 1.71. The minimum absolute atomic E-state index is 0.147. The van der Waals surface area contributed by atoms with Gasteiger partial charge in [0, 0.05) is 7.05 Å². The molecule has 0 radical (unpaired) electrons. The zero-order valence-corrected chi connectivity index (χ0v) is 9.58. The molecule has 1 unspecified atom stereocenters. The van der Waals surface area contributed by atoms with Gasteiger partial charge in [-0.15, -0.1) is 11.8 Å². The summed E-state index contributed by atoms with van der Waals surface area (Å²) in [6, 6.07) is 1.13. The average molecular weight is 230 g/mol. The number of carbonyl (C=O) groups excluding carboxylic acids is 1. The van der Waals surface area contributed by atoms with Crippen LogP contribution in [-0.4, -0.2) is 46.5 Å². The molecular formula is C9H14N2O3S. The first-order chi connectivity index (χ1) is 7.04. The highest BCUT2D eigenvalue weighted by Gasteiger charge is 2.24. The van der Waals surface area contributed by atoms with Crippen molar-refractivity contribution in [3.05, 3.63) is 0 Å². The Morgan fingerprint density at radius 3 is 2.60 bits per heavy atom. The molecule has 0 fully saturated rings. The third kappa shape index (κ3) is 4.70. The highest BCUT2D eigenvalue weighted by molar-refractivity contribution is 8.00. The van der Waals surface area contributed by atoms with E-state index in [0.29, 0.717) is 6.42 Å². The molecule has 0 bridgehead atoms. The van der Waals surface area contributed by atoms with E-state index in [0.717, 1.165) is 0 Å². The fourth-order valence-electron chi connectivity index (χ4n) is 1.07. The molecule has 0 aromatic rings. The Hall–Kier alpha value is -1.22. The Bertz CT molecular complexity index is 275. The van der Waals surface area contributed by atoms with Crippen LogP contribution in [0.25, 0.3) is 0 Å². The number of carboxylic acids is 1. The molecule has 15 heavy (non-hydrogen) atoms. The summed E-state index contributed by atoms with van der Waals surface area (Å²) < 4.78 is 0. The van der Waals surface area contributed by atoms with Gasteiger partial charge < -0.3 is 10.0 Å². The van der Waals surface area contributed by atoms with Gasteiger partial charge >= 0.3 is 5.97 Å². The van der Waals surface area contributed by atoms with E-state index in [9.17, 15) is 9.59 Å². The van der Waals surface area contributed by atoms with Gasteiger partial charge in [-0.25, -0.2) is 4.79 Å². The third-order valence-corrected chi connectivity index (χ3v) is 2.71. The molecule has 0 aromatic heterocycles. The van der Waals surface area contributed by atoms with Crippen molar-refractivity contribution >= 4 is 23.6 Å². The summed E-state index contributed by atoms with van der Waals surface area (Å²) in [5, 5.41) is 17.1. The Labute approximate surface area is 93.1 Å². The van der Waals surface area contributed by atoms with Crippen LogP contribution in [0.1, 0.15) is 13.3 Å². The Morgan fingerprint density at radius 1 is 1.60 bits per heavy atom. The van der Waals surface area contributed by atoms with Crippen LogP contribution in [0.4, 0.5) is 0 Å². The standard InChI is InChI=1S/C9H14N2O3S/c1-3-7(9(13)14)11(2)8(12)6-15-5-4-10/h7H,3,5-6H2,1-2H3,(H,13,14). The molecule has 0 aliphatic rings. The van der Waals surface area contributed by atoms with Gasteiger partial charge in [0.15, 0.2) is 0 Å². The first-order valence-corrected chi connectivity index (χ1v) is 5.63. The number of likely N-dealkylation sites (N-methyl/N-ethyl adjacent to an activating group) is 1. The lowest BCUT2D eigenvalue weighted by Gasteiger charge is -2.23. The van der Waals surface area contributed by atoms with E-state index < -0.39 is 12.0 Å². The molecule has 0 heterocycles. The van der Waals surface area contributed by atoms with Gasteiger partial charge in [0.25, 0.3) is 0 Å². The molecule has 6 heteroatoms. The van der Waals surface area contributed by atoms with Crippen LogP contribution >= 0.6 is 11.8 Å². The van der Waals surface area contributed by atoms with E-state index in [4.69, 9.17) is 10.4 Å². The Balaban J connectivity index is 4.18. The van der Waals surface area contributed by atoms with E-state index >= 15 is 0 Å². The van der Waals surface area contributed by atoms with Gasteiger partial charge in [-0.2, -0.15) is 5.26 Å². The molecule has 84 valence electrons. The zero-order chi connectivity index (χ0) is 11.8. The van der Waals surface area contributed by atoms with Crippen molar-refractivity contribution in [3.8, 4) is 6.07 Å². The van der Waals surface area contributed by atoms with Crippen molar-refractivity contribution in [2.24, 2.45) is 0 Å². The normalized spacial score (nSPS) is 11.5. The minimum Gasteiger partial charge on any atom is -0.480 e. The van der Waals surface area contributed by atoms with E-state index in [-0.39, 0.29) is 17.4 Å². The number of hydrogen-bond acceptors (Lipinski definition) is 4. The monoisotopic (exact) mass is 230 g/mol. The second-order valence-corrected chi connectivity index (χ2v) is 3.90. The maximum absolute atomic E-state index is 11.5. The van der Waals surface area contributed by atoms with Gasteiger partial charge in [0.05, 0.1) is 17.6 Å². The van der Waals surface area contributed by atoms with Crippen molar-refractivity contribution in [2.75, 3.05) is 18.6 Å².